The molecule has 1 N–H and O–H groups in total. The molecule has 3 heteroatoms. The summed E-state index contributed by atoms with van der Waals surface area (Å²) < 4.78 is 0. The van der Waals surface area contributed by atoms with E-state index < -0.39 is 0 Å². The van der Waals surface area contributed by atoms with Crippen molar-refractivity contribution in [3.63, 3.8) is 0 Å². The fourth-order valence-corrected chi connectivity index (χ4v) is 1.86. The zero-order valence-electron chi connectivity index (χ0n) is 7.60. The van der Waals surface area contributed by atoms with Crippen molar-refractivity contribution in [2.24, 2.45) is 0 Å². The van der Waals surface area contributed by atoms with E-state index in [1.807, 2.05) is 26.2 Å². The second kappa shape index (κ2) is 3.72. The minimum Gasteiger partial charge on any atom is -0.352 e. The lowest BCUT2D eigenvalue weighted by atomic mass is 10.2. The molecule has 0 aliphatic rings. The van der Waals surface area contributed by atoms with Crippen molar-refractivity contribution in [3.8, 4) is 0 Å². The summed E-state index contributed by atoms with van der Waals surface area (Å²) in [6.45, 7) is 6.62. The molecule has 1 amide bonds. The Bertz CT molecular complexity index is 291. The first kappa shape index (κ1) is 9.26. The second-order valence-corrected chi connectivity index (χ2v) is 3.77. The first-order chi connectivity index (χ1) is 5.66. The zero-order valence-corrected chi connectivity index (χ0v) is 8.42. The van der Waals surface area contributed by atoms with E-state index in [-0.39, 0.29) is 5.91 Å². The van der Waals surface area contributed by atoms with Gasteiger partial charge in [-0.1, -0.05) is 0 Å². The van der Waals surface area contributed by atoms with Crippen molar-refractivity contribution in [1.29, 1.82) is 0 Å². The Kier molecular flexibility index (Phi) is 2.87. The number of amides is 1. The first-order valence-electron chi connectivity index (χ1n) is 3.99. The number of hydrogen-bond acceptors (Lipinski definition) is 2. The van der Waals surface area contributed by atoms with Gasteiger partial charge in [0.1, 0.15) is 0 Å². The van der Waals surface area contributed by atoms with E-state index in [1.165, 1.54) is 4.88 Å². The summed E-state index contributed by atoms with van der Waals surface area (Å²) in [5.74, 6) is 0.0411. The van der Waals surface area contributed by atoms with E-state index in [9.17, 15) is 4.79 Å². The lowest BCUT2D eigenvalue weighted by Gasteiger charge is -2.00. The highest BCUT2D eigenvalue weighted by atomic mass is 32.1. The molecule has 1 heterocycles. The summed E-state index contributed by atoms with van der Waals surface area (Å²) in [5, 5.41) is 4.70. The third kappa shape index (κ3) is 1.67. The van der Waals surface area contributed by atoms with Gasteiger partial charge < -0.3 is 5.32 Å². The molecule has 0 unspecified atom stereocenters. The molecule has 1 aromatic rings. The van der Waals surface area contributed by atoms with Gasteiger partial charge in [0.2, 0.25) is 0 Å². The van der Waals surface area contributed by atoms with Crippen molar-refractivity contribution in [1.82, 2.24) is 5.32 Å². The van der Waals surface area contributed by atoms with Gasteiger partial charge in [0, 0.05) is 16.8 Å². The topological polar surface area (TPSA) is 29.1 Å². The largest absolute Gasteiger partial charge is 0.352 e. The van der Waals surface area contributed by atoms with E-state index >= 15 is 0 Å². The summed E-state index contributed by atoms with van der Waals surface area (Å²) in [5.41, 5.74) is 1.92. The average molecular weight is 183 g/mol. The SMILES string of the molecule is CCNC(=O)c1csc(C)c1C. The smallest absolute Gasteiger partial charge is 0.252 e. The minimum absolute atomic E-state index is 0.0411. The Hall–Kier alpha value is -0.830. The lowest BCUT2D eigenvalue weighted by molar-refractivity contribution is 0.0955. The summed E-state index contributed by atoms with van der Waals surface area (Å²) in [6.07, 6.45) is 0. The van der Waals surface area contributed by atoms with Crippen LogP contribution in [0.2, 0.25) is 0 Å². The third-order valence-corrected chi connectivity index (χ3v) is 2.88. The van der Waals surface area contributed by atoms with E-state index in [0.29, 0.717) is 6.54 Å². The predicted octanol–water partition coefficient (Wildman–Crippen LogP) is 2.11. The van der Waals surface area contributed by atoms with Crippen LogP contribution in [0.4, 0.5) is 0 Å². The monoisotopic (exact) mass is 183 g/mol. The molecule has 2 nitrogen and oxygen atoms in total. The van der Waals surface area contributed by atoms with Gasteiger partial charge in [-0.2, -0.15) is 0 Å². The van der Waals surface area contributed by atoms with Crippen molar-refractivity contribution < 1.29 is 4.79 Å². The highest BCUT2D eigenvalue weighted by Gasteiger charge is 2.10. The van der Waals surface area contributed by atoms with Crippen LogP contribution in [0.3, 0.4) is 0 Å². The molecule has 0 saturated carbocycles. The van der Waals surface area contributed by atoms with Crippen LogP contribution in [-0.2, 0) is 0 Å². The van der Waals surface area contributed by atoms with Gasteiger partial charge in [0.05, 0.1) is 5.56 Å². The van der Waals surface area contributed by atoms with Gasteiger partial charge in [-0.3, -0.25) is 4.79 Å². The maximum absolute atomic E-state index is 11.4. The molecule has 0 saturated heterocycles. The highest BCUT2D eigenvalue weighted by Crippen LogP contribution is 2.19. The zero-order chi connectivity index (χ0) is 9.14. The number of carbonyl (C=O) groups excluding carboxylic acids is 1. The van der Waals surface area contributed by atoms with Crippen LogP contribution in [0.5, 0.6) is 0 Å². The number of nitrogens with one attached hydrogen (secondary N) is 1. The normalized spacial score (nSPS) is 9.92. The van der Waals surface area contributed by atoms with Crippen molar-refractivity contribution in [2.75, 3.05) is 6.54 Å². The molecule has 0 aliphatic heterocycles. The fourth-order valence-electron chi connectivity index (χ4n) is 0.993. The van der Waals surface area contributed by atoms with E-state index in [0.717, 1.165) is 11.1 Å². The average Bonchev–Trinajstić information content (AvgIpc) is 2.34. The Labute approximate surface area is 76.6 Å². The third-order valence-electron chi connectivity index (χ3n) is 1.87. The molecule has 12 heavy (non-hydrogen) atoms. The lowest BCUT2D eigenvalue weighted by Crippen LogP contribution is -2.22. The maximum atomic E-state index is 11.4. The van der Waals surface area contributed by atoms with Crippen molar-refractivity contribution in [3.05, 3.63) is 21.4 Å². The molecule has 0 aromatic carbocycles. The van der Waals surface area contributed by atoms with Gasteiger partial charge in [-0.15, -0.1) is 11.3 Å². The van der Waals surface area contributed by atoms with Gasteiger partial charge in [-0.25, -0.2) is 0 Å². The Morgan fingerprint density at radius 2 is 2.25 bits per heavy atom. The summed E-state index contributed by atoms with van der Waals surface area (Å²) in [4.78, 5) is 12.6. The van der Waals surface area contributed by atoms with Gasteiger partial charge >= 0.3 is 0 Å². The molecule has 0 aliphatic carbocycles. The van der Waals surface area contributed by atoms with Crippen LogP contribution in [0.15, 0.2) is 5.38 Å². The number of thiophene rings is 1. The minimum atomic E-state index is 0.0411. The van der Waals surface area contributed by atoms with Gasteiger partial charge in [-0.05, 0) is 26.3 Å². The van der Waals surface area contributed by atoms with Crippen LogP contribution in [0, 0.1) is 13.8 Å². The molecule has 1 rings (SSSR count). The molecule has 1 aromatic heterocycles. The Morgan fingerprint density at radius 1 is 1.58 bits per heavy atom. The van der Waals surface area contributed by atoms with Crippen LogP contribution in [0.25, 0.3) is 0 Å². The summed E-state index contributed by atoms with van der Waals surface area (Å²) in [6, 6.07) is 0. The van der Waals surface area contributed by atoms with Crippen molar-refractivity contribution in [2.45, 2.75) is 20.8 Å². The quantitative estimate of drug-likeness (QED) is 0.747. The summed E-state index contributed by atoms with van der Waals surface area (Å²) in [7, 11) is 0. The molecule has 0 radical (unpaired) electrons. The standard InChI is InChI=1S/C9H13NOS/c1-4-10-9(11)8-5-12-7(3)6(8)2/h5H,4H2,1-3H3,(H,10,11). The van der Waals surface area contributed by atoms with E-state index in [4.69, 9.17) is 0 Å². The van der Waals surface area contributed by atoms with Gasteiger partial charge in [0.15, 0.2) is 0 Å². The van der Waals surface area contributed by atoms with Crippen LogP contribution >= 0.6 is 11.3 Å². The van der Waals surface area contributed by atoms with Crippen LogP contribution < -0.4 is 5.32 Å². The molecule has 66 valence electrons. The van der Waals surface area contributed by atoms with E-state index in [2.05, 4.69) is 5.32 Å². The van der Waals surface area contributed by atoms with E-state index in [1.54, 1.807) is 11.3 Å². The predicted molar refractivity (Wildman–Crippen MR) is 51.8 cm³/mol. The van der Waals surface area contributed by atoms with Gasteiger partial charge in [0.25, 0.3) is 5.91 Å². The van der Waals surface area contributed by atoms with Crippen LogP contribution in [0.1, 0.15) is 27.7 Å². The Balaban J connectivity index is 2.88. The Morgan fingerprint density at radius 3 is 2.67 bits per heavy atom. The maximum Gasteiger partial charge on any atom is 0.252 e. The molecule has 0 fully saturated rings. The number of hydrogen-bond donors (Lipinski definition) is 1. The molecule has 0 spiro atoms. The second-order valence-electron chi connectivity index (χ2n) is 2.69. The van der Waals surface area contributed by atoms with Crippen molar-refractivity contribution >= 4 is 17.2 Å². The molecular formula is C9H13NOS. The molecular weight excluding hydrogens is 170 g/mol. The first-order valence-corrected chi connectivity index (χ1v) is 4.87. The summed E-state index contributed by atoms with van der Waals surface area (Å²) >= 11 is 1.62. The fraction of sp³-hybridized carbons (Fsp3) is 0.444. The number of aryl methyl sites for hydroxylation is 1. The molecule has 0 atom stereocenters. The van der Waals surface area contributed by atoms with Crippen LogP contribution in [-0.4, -0.2) is 12.5 Å². The number of carbonyl (C=O) groups is 1. The molecule has 0 bridgehead atoms. The highest BCUT2D eigenvalue weighted by molar-refractivity contribution is 7.10. The number of rotatable bonds is 2.